The van der Waals surface area contributed by atoms with E-state index in [4.69, 9.17) is 0 Å². The lowest BCUT2D eigenvalue weighted by Crippen LogP contribution is -2.44. The van der Waals surface area contributed by atoms with Crippen molar-refractivity contribution in [2.24, 2.45) is 5.92 Å². The fourth-order valence-corrected chi connectivity index (χ4v) is 4.83. The molecule has 6 nitrogen and oxygen atoms in total. The number of carboxylic acid groups (broad SMARTS) is 1. The van der Waals surface area contributed by atoms with Crippen molar-refractivity contribution >= 4 is 33.1 Å². The maximum atomic E-state index is 12.5. The summed E-state index contributed by atoms with van der Waals surface area (Å²) in [5.74, 6) is -1.95. The van der Waals surface area contributed by atoms with Crippen LogP contribution < -0.4 is 5.32 Å². The van der Waals surface area contributed by atoms with Gasteiger partial charge in [0.05, 0.1) is 9.77 Å². The Morgan fingerprint density at radius 1 is 1.16 bits per heavy atom. The van der Waals surface area contributed by atoms with Crippen LogP contribution in [0.2, 0.25) is 0 Å². The summed E-state index contributed by atoms with van der Waals surface area (Å²) in [7, 11) is -3.70. The minimum absolute atomic E-state index is 0.0410. The van der Waals surface area contributed by atoms with E-state index in [1.54, 1.807) is 25.1 Å². The molecule has 0 aliphatic rings. The van der Waals surface area contributed by atoms with Crippen LogP contribution in [0, 0.1) is 5.92 Å². The van der Waals surface area contributed by atoms with Crippen LogP contribution in [0.15, 0.2) is 51.6 Å². The molecule has 0 unspecified atom stereocenters. The quantitative estimate of drug-likeness (QED) is 0.768. The van der Waals surface area contributed by atoms with Gasteiger partial charge >= 0.3 is 5.97 Å². The van der Waals surface area contributed by atoms with Gasteiger partial charge in [0.25, 0.3) is 5.91 Å². The molecule has 1 heterocycles. The molecule has 0 radical (unpaired) electrons. The first-order valence-electron chi connectivity index (χ1n) is 7.71. The topological polar surface area (TPSA) is 101 Å². The van der Waals surface area contributed by atoms with Crippen molar-refractivity contribution in [3.05, 3.63) is 47.3 Å². The molecule has 1 aromatic carbocycles. The van der Waals surface area contributed by atoms with Crippen molar-refractivity contribution in [3.8, 4) is 0 Å². The second kappa shape index (κ2) is 7.79. The van der Waals surface area contributed by atoms with E-state index in [2.05, 4.69) is 5.32 Å². The van der Waals surface area contributed by atoms with Gasteiger partial charge in [-0.3, -0.25) is 4.79 Å². The number of amides is 1. The van der Waals surface area contributed by atoms with Gasteiger partial charge in [-0.1, -0.05) is 38.5 Å². The number of carboxylic acids is 1. The van der Waals surface area contributed by atoms with E-state index >= 15 is 0 Å². The molecule has 2 N–H and O–H groups in total. The number of thiophene rings is 1. The summed E-state index contributed by atoms with van der Waals surface area (Å²) in [5, 5.41) is 11.7. The highest BCUT2D eigenvalue weighted by atomic mass is 32.2. The summed E-state index contributed by atoms with van der Waals surface area (Å²) < 4.78 is 25.1. The number of nitrogens with one attached hydrogen (secondary N) is 1. The first kappa shape index (κ1) is 19.1. The molecule has 2 aromatic rings. The van der Waals surface area contributed by atoms with Gasteiger partial charge < -0.3 is 10.4 Å². The molecular formula is C17H19NO5S2. The van der Waals surface area contributed by atoms with Crippen LogP contribution in [-0.4, -0.2) is 31.4 Å². The molecule has 1 aromatic heterocycles. The highest BCUT2D eigenvalue weighted by Gasteiger charge is 2.27. The van der Waals surface area contributed by atoms with Gasteiger partial charge in [0.2, 0.25) is 9.84 Å². The fourth-order valence-electron chi connectivity index (χ4n) is 2.20. The van der Waals surface area contributed by atoms with Gasteiger partial charge in [0, 0.05) is 0 Å². The van der Waals surface area contributed by atoms with Gasteiger partial charge in [-0.15, -0.1) is 11.3 Å². The third-order valence-electron chi connectivity index (χ3n) is 3.89. The van der Waals surface area contributed by atoms with Gasteiger partial charge in [0.1, 0.15) is 10.3 Å². The Kier molecular flexibility index (Phi) is 5.97. The molecular weight excluding hydrogens is 362 g/mol. The Morgan fingerprint density at radius 2 is 1.80 bits per heavy atom. The highest BCUT2D eigenvalue weighted by molar-refractivity contribution is 7.93. The summed E-state index contributed by atoms with van der Waals surface area (Å²) in [5.41, 5.74) is 0. The molecule has 134 valence electrons. The summed E-state index contributed by atoms with van der Waals surface area (Å²) in [4.78, 5) is 23.9. The Labute approximate surface area is 150 Å². The lowest BCUT2D eigenvalue weighted by Gasteiger charge is -2.19. The molecule has 1 amide bonds. The van der Waals surface area contributed by atoms with E-state index in [1.165, 1.54) is 24.3 Å². The number of carbonyl (C=O) groups is 2. The van der Waals surface area contributed by atoms with E-state index in [-0.39, 0.29) is 19.9 Å². The minimum Gasteiger partial charge on any atom is -0.480 e. The average Bonchev–Trinajstić information content (AvgIpc) is 3.10. The van der Waals surface area contributed by atoms with E-state index in [1.807, 2.05) is 6.92 Å². The number of aliphatic carboxylic acids is 1. The van der Waals surface area contributed by atoms with E-state index < -0.39 is 27.8 Å². The van der Waals surface area contributed by atoms with Crippen LogP contribution >= 0.6 is 11.3 Å². The van der Waals surface area contributed by atoms with Crippen molar-refractivity contribution in [1.29, 1.82) is 0 Å². The predicted octanol–water partition coefficient (Wildman–Crippen LogP) is 2.81. The van der Waals surface area contributed by atoms with Crippen LogP contribution in [-0.2, 0) is 14.6 Å². The molecule has 2 atom stereocenters. The standard InChI is InChI=1S/C17H19NO5S2/c1-3-11(2)15(17(20)21)18-16(19)13-9-10-14(24-13)25(22,23)12-7-5-4-6-8-12/h4-11,15H,3H2,1-2H3,(H,18,19)(H,20,21)/t11-,15-/m0/s1. The van der Waals surface area contributed by atoms with Crippen molar-refractivity contribution in [3.63, 3.8) is 0 Å². The largest absolute Gasteiger partial charge is 0.480 e. The van der Waals surface area contributed by atoms with Gasteiger partial charge in [-0.2, -0.15) is 0 Å². The molecule has 0 spiro atoms. The Morgan fingerprint density at radius 3 is 2.36 bits per heavy atom. The molecule has 0 aliphatic carbocycles. The minimum atomic E-state index is -3.70. The van der Waals surface area contributed by atoms with Crippen LogP contribution in [0.1, 0.15) is 29.9 Å². The lowest BCUT2D eigenvalue weighted by molar-refractivity contribution is -0.140. The van der Waals surface area contributed by atoms with Gasteiger partial charge in [0.15, 0.2) is 0 Å². The molecule has 0 saturated carbocycles. The molecule has 25 heavy (non-hydrogen) atoms. The van der Waals surface area contributed by atoms with E-state index in [9.17, 15) is 23.1 Å². The van der Waals surface area contributed by atoms with Crippen molar-refractivity contribution in [2.75, 3.05) is 0 Å². The fraction of sp³-hybridized carbons (Fsp3) is 0.294. The summed E-state index contributed by atoms with van der Waals surface area (Å²) in [6, 6.07) is 9.67. The number of carbonyl (C=O) groups excluding carboxylic acids is 1. The zero-order chi connectivity index (χ0) is 18.6. The molecule has 0 bridgehead atoms. The monoisotopic (exact) mass is 381 g/mol. The number of sulfone groups is 1. The first-order chi connectivity index (χ1) is 11.8. The third-order valence-corrected chi connectivity index (χ3v) is 7.23. The maximum Gasteiger partial charge on any atom is 0.326 e. The maximum absolute atomic E-state index is 12.5. The number of benzene rings is 1. The average molecular weight is 381 g/mol. The lowest BCUT2D eigenvalue weighted by atomic mass is 9.99. The van der Waals surface area contributed by atoms with Crippen molar-refractivity contribution in [2.45, 2.75) is 35.4 Å². The second-order valence-electron chi connectivity index (χ2n) is 5.61. The van der Waals surface area contributed by atoms with Crippen LogP contribution in [0.3, 0.4) is 0 Å². The molecule has 0 aliphatic heterocycles. The summed E-state index contributed by atoms with van der Waals surface area (Å²) in [6.45, 7) is 3.57. The zero-order valence-electron chi connectivity index (χ0n) is 13.8. The summed E-state index contributed by atoms with van der Waals surface area (Å²) in [6.07, 6.45) is 0.593. The molecule has 0 saturated heterocycles. The number of hydrogen-bond donors (Lipinski definition) is 2. The normalized spacial score (nSPS) is 13.8. The first-order valence-corrected chi connectivity index (χ1v) is 10.0. The van der Waals surface area contributed by atoms with Crippen LogP contribution in [0.5, 0.6) is 0 Å². The Hall–Kier alpha value is -2.19. The third kappa shape index (κ3) is 4.26. The van der Waals surface area contributed by atoms with Gasteiger partial charge in [-0.05, 0) is 30.2 Å². The molecule has 8 heteroatoms. The van der Waals surface area contributed by atoms with Crippen LogP contribution in [0.4, 0.5) is 0 Å². The van der Waals surface area contributed by atoms with E-state index in [0.29, 0.717) is 6.42 Å². The SMILES string of the molecule is CC[C@H](C)[C@H](NC(=O)c1ccc(S(=O)(=O)c2ccccc2)s1)C(=O)O. The Balaban J connectivity index is 2.23. The van der Waals surface area contributed by atoms with Crippen molar-refractivity contribution < 1.29 is 23.1 Å². The number of hydrogen-bond acceptors (Lipinski definition) is 5. The zero-order valence-corrected chi connectivity index (χ0v) is 15.4. The predicted molar refractivity (Wildman–Crippen MR) is 94.6 cm³/mol. The van der Waals surface area contributed by atoms with Crippen LogP contribution in [0.25, 0.3) is 0 Å². The van der Waals surface area contributed by atoms with Crippen molar-refractivity contribution in [1.82, 2.24) is 5.32 Å². The highest BCUT2D eigenvalue weighted by Crippen LogP contribution is 2.27. The smallest absolute Gasteiger partial charge is 0.326 e. The summed E-state index contributed by atoms with van der Waals surface area (Å²) >= 11 is 0.823. The van der Waals surface area contributed by atoms with Gasteiger partial charge in [-0.25, -0.2) is 13.2 Å². The molecule has 2 rings (SSSR count). The second-order valence-corrected chi connectivity index (χ2v) is 8.87. The van der Waals surface area contributed by atoms with E-state index in [0.717, 1.165) is 11.3 Å². The Bertz CT molecular complexity index is 858. The molecule has 0 fully saturated rings. The number of rotatable bonds is 7.